The smallest absolute Gasteiger partial charge is 0.326 e. The van der Waals surface area contributed by atoms with Crippen LogP contribution in [0.15, 0.2) is 0 Å². The first-order valence-electron chi connectivity index (χ1n) is 5.85. The number of carbonyl (C=O) groups excluding carboxylic acids is 3. The number of hydrogen-bond acceptors (Lipinski definition) is 4. The third-order valence-electron chi connectivity index (χ3n) is 2.79. The molecule has 1 rings (SSSR count). The second-order valence-electron chi connectivity index (χ2n) is 4.81. The number of nitrogens with zero attached hydrogens (tertiary/aromatic N) is 1. The zero-order valence-corrected chi connectivity index (χ0v) is 11.0. The van der Waals surface area contributed by atoms with Gasteiger partial charge in [-0.2, -0.15) is 0 Å². The van der Waals surface area contributed by atoms with Crippen molar-refractivity contribution >= 4 is 23.8 Å². The van der Waals surface area contributed by atoms with Crippen LogP contribution >= 0.6 is 0 Å². The van der Waals surface area contributed by atoms with Gasteiger partial charge in [-0.1, -0.05) is 6.92 Å². The van der Waals surface area contributed by atoms with Crippen LogP contribution in [-0.2, 0) is 14.4 Å². The van der Waals surface area contributed by atoms with Crippen molar-refractivity contribution in [1.82, 2.24) is 15.5 Å². The molecule has 0 spiro atoms. The minimum absolute atomic E-state index is 0.215. The average Bonchev–Trinajstić information content (AvgIpc) is 2.48. The Kier molecular flexibility index (Phi) is 4.13. The van der Waals surface area contributed by atoms with E-state index in [0.717, 1.165) is 4.90 Å². The molecule has 8 heteroatoms. The van der Waals surface area contributed by atoms with Crippen LogP contribution in [0.3, 0.4) is 0 Å². The fourth-order valence-electron chi connectivity index (χ4n) is 1.68. The third kappa shape index (κ3) is 3.21. The Bertz CT molecular complexity index is 432. The summed E-state index contributed by atoms with van der Waals surface area (Å²) in [5, 5.41) is 13.5. The van der Waals surface area contributed by atoms with Crippen LogP contribution in [0.1, 0.15) is 27.2 Å². The molecule has 0 radical (unpaired) electrons. The molecule has 0 bridgehead atoms. The first kappa shape index (κ1) is 14.9. The lowest BCUT2D eigenvalue weighted by atomic mass is 10.1. The number of imide groups is 1. The maximum absolute atomic E-state index is 11.8. The van der Waals surface area contributed by atoms with E-state index in [4.69, 9.17) is 5.11 Å². The molecule has 1 heterocycles. The van der Waals surface area contributed by atoms with Crippen LogP contribution in [0.5, 0.6) is 0 Å². The van der Waals surface area contributed by atoms with Crippen molar-refractivity contribution in [3.8, 4) is 0 Å². The largest absolute Gasteiger partial charge is 0.480 e. The van der Waals surface area contributed by atoms with Gasteiger partial charge in [-0.3, -0.25) is 14.5 Å². The fraction of sp³-hybridized carbons (Fsp3) is 0.636. The molecule has 1 aliphatic heterocycles. The maximum Gasteiger partial charge on any atom is 0.326 e. The highest BCUT2D eigenvalue weighted by Crippen LogP contribution is 2.15. The summed E-state index contributed by atoms with van der Waals surface area (Å²) >= 11 is 0. The monoisotopic (exact) mass is 271 g/mol. The molecule has 19 heavy (non-hydrogen) atoms. The maximum atomic E-state index is 11.8. The normalized spacial score (nSPS) is 19.0. The minimum Gasteiger partial charge on any atom is -0.480 e. The molecular formula is C11H17N3O5. The van der Waals surface area contributed by atoms with Gasteiger partial charge in [0.1, 0.15) is 18.1 Å². The molecule has 0 aliphatic carbocycles. The zero-order chi connectivity index (χ0) is 14.8. The summed E-state index contributed by atoms with van der Waals surface area (Å²) in [7, 11) is 0. The lowest BCUT2D eigenvalue weighted by molar-refractivity contribution is -0.142. The Morgan fingerprint density at radius 2 is 2.00 bits per heavy atom. The molecule has 0 aromatic carbocycles. The number of nitrogens with one attached hydrogen (secondary N) is 2. The number of hydrogen-bond donors (Lipinski definition) is 3. The predicted molar refractivity (Wildman–Crippen MR) is 64.2 cm³/mol. The van der Waals surface area contributed by atoms with Gasteiger partial charge in [-0.25, -0.2) is 9.59 Å². The molecule has 8 nitrogen and oxygen atoms in total. The van der Waals surface area contributed by atoms with E-state index in [9.17, 15) is 19.2 Å². The van der Waals surface area contributed by atoms with Gasteiger partial charge in [-0.15, -0.1) is 0 Å². The van der Waals surface area contributed by atoms with E-state index >= 15 is 0 Å². The summed E-state index contributed by atoms with van der Waals surface area (Å²) in [4.78, 5) is 46.5. The molecule has 4 amide bonds. The molecule has 1 saturated heterocycles. The van der Waals surface area contributed by atoms with E-state index in [1.807, 2.05) is 0 Å². The van der Waals surface area contributed by atoms with Gasteiger partial charge in [0.2, 0.25) is 5.91 Å². The number of aliphatic carboxylic acids is 1. The molecule has 1 aliphatic rings. The quantitative estimate of drug-likeness (QED) is 0.572. The zero-order valence-electron chi connectivity index (χ0n) is 11.0. The third-order valence-corrected chi connectivity index (χ3v) is 2.79. The lowest BCUT2D eigenvalue weighted by Gasteiger charge is -2.17. The number of carboxylic acids is 1. The molecule has 1 fully saturated rings. The second-order valence-corrected chi connectivity index (χ2v) is 4.81. The van der Waals surface area contributed by atoms with Crippen molar-refractivity contribution in [2.24, 2.45) is 0 Å². The first-order chi connectivity index (χ1) is 8.69. The number of carboxylic acid groups (broad SMARTS) is 1. The Morgan fingerprint density at radius 3 is 2.37 bits per heavy atom. The number of rotatable bonds is 5. The SMILES string of the molecule is CC[C@@H](NC(=O)CN1C(=O)NC(C)(C)C1=O)C(=O)O. The van der Waals surface area contributed by atoms with Crippen LogP contribution < -0.4 is 10.6 Å². The predicted octanol–water partition coefficient (Wildman–Crippen LogP) is -0.704. The van der Waals surface area contributed by atoms with E-state index in [1.54, 1.807) is 6.92 Å². The highest BCUT2D eigenvalue weighted by Gasteiger charge is 2.44. The number of carbonyl (C=O) groups is 4. The summed E-state index contributed by atoms with van der Waals surface area (Å²) in [5.41, 5.74) is -1.05. The van der Waals surface area contributed by atoms with Crippen molar-refractivity contribution in [3.63, 3.8) is 0 Å². The van der Waals surface area contributed by atoms with E-state index in [1.165, 1.54) is 13.8 Å². The highest BCUT2D eigenvalue weighted by atomic mass is 16.4. The summed E-state index contributed by atoms with van der Waals surface area (Å²) in [6.07, 6.45) is 0.215. The van der Waals surface area contributed by atoms with Crippen LogP contribution in [0.4, 0.5) is 4.79 Å². The van der Waals surface area contributed by atoms with Gasteiger partial charge in [0.15, 0.2) is 0 Å². The van der Waals surface area contributed by atoms with Gasteiger partial charge in [0.05, 0.1) is 0 Å². The Labute approximate surface area is 110 Å². The van der Waals surface area contributed by atoms with Gasteiger partial charge >= 0.3 is 12.0 Å². The summed E-state index contributed by atoms with van der Waals surface area (Å²) in [6, 6.07) is -1.69. The standard InChI is InChI=1S/C11H17N3O5/c1-4-6(8(16)17)12-7(15)5-14-9(18)11(2,3)13-10(14)19/h6H,4-5H2,1-3H3,(H,12,15)(H,13,19)(H,16,17)/t6-/m1/s1. The molecule has 3 N–H and O–H groups in total. The average molecular weight is 271 g/mol. The van der Waals surface area contributed by atoms with Crippen molar-refractivity contribution < 1.29 is 24.3 Å². The fourth-order valence-corrected chi connectivity index (χ4v) is 1.68. The van der Waals surface area contributed by atoms with Gasteiger partial charge < -0.3 is 15.7 Å². The molecule has 0 unspecified atom stereocenters. The molecule has 0 saturated carbocycles. The van der Waals surface area contributed by atoms with Crippen molar-refractivity contribution in [1.29, 1.82) is 0 Å². The van der Waals surface area contributed by atoms with Gasteiger partial charge in [-0.05, 0) is 20.3 Å². The van der Waals surface area contributed by atoms with Crippen LogP contribution in [-0.4, -0.2) is 51.9 Å². The first-order valence-corrected chi connectivity index (χ1v) is 5.85. The number of amides is 4. The van der Waals surface area contributed by atoms with Crippen molar-refractivity contribution in [3.05, 3.63) is 0 Å². The van der Waals surface area contributed by atoms with E-state index in [0.29, 0.717) is 0 Å². The summed E-state index contributed by atoms with van der Waals surface area (Å²) in [6.45, 7) is 4.17. The molecule has 1 atom stereocenters. The van der Waals surface area contributed by atoms with E-state index in [-0.39, 0.29) is 6.42 Å². The highest BCUT2D eigenvalue weighted by molar-refractivity contribution is 6.08. The Morgan fingerprint density at radius 1 is 1.42 bits per heavy atom. The Hall–Kier alpha value is -2.12. The van der Waals surface area contributed by atoms with Crippen LogP contribution in [0, 0.1) is 0 Å². The van der Waals surface area contributed by atoms with Gasteiger partial charge in [0.25, 0.3) is 5.91 Å². The molecular weight excluding hydrogens is 254 g/mol. The van der Waals surface area contributed by atoms with Crippen LogP contribution in [0.2, 0.25) is 0 Å². The number of urea groups is 1. The molecule has 106 valence electrons. The lowest BCUT2D eigenvalue weighted by Crippen LogP contribution is -2.47. The Balaban J connectivity index is 2.65. The van der Waals surface area contributed by atoms with Crippen molar-refractivity contribution in [2.75, 3.05) is 6.54 Å². The van der Waals surface area contributed by atoms with E-state index < -0.39 is 41.9 Å². The summed E-state index contributed by atoms with van der Waals surface area (Å²) < 4.78 is 0. The summed E-state index contributed by atoms with van der Waals surface area (Å²) in [5.74, 6) is -2.36. The second kappa shape index (κ2) is 5.25. The van der Waals surface area contributed by atoms with Gasteiger partial charge in [0, 0.05) is 0 Å². The van der Waals surface area contributed by atoms with E-state index in [2.05, 4.69) is 10.6 Å². The van der Waals surface area contributed by atoms with Crippen molar-refractivity contribution in [2.45, 2.75) is 38.8 Å². The molecule has 0 aromatic heterocycles. The van der Waals surface area contributed by atoms with Crippen LogP contribution in [0.25, 0.3) is 0 Å². The topological polar surface area (TPSA) is 116 Å². The molecule has 0 aromatic rings. The minimum atomic E-state index is -1.16.